The van der Waals surface area contributed by atoms with Crippen molar-refractivity contribution >= 4 is 17.2 Å². The predicted molar refractivity (Wildman–Crippen MR) is 132 cm³/mol. The average molecular weight is 553 g/mol. The van der Waals surface area contributed by atoms with Crippen molar-refractivity contribution in [3.63, 3.8) is 0 Å². The normalized spacial score (nSPS) is 13.3. The molecule has 0 bridgehead atoms. The second kappa shape index (κ2) is 24.7. The van der Waals surface area contributed by atoms with Crippen LogP contribution < -0.4 is 0 Å². The van der Waals surface area contributed by atoms with E-state index in [2.05, 4.69) is 13.8 Å². The van der Waals surface area contributed by atoms with Gasteiger partial charge in [0.15, 0.2) is 0 Å². The lowest BCUT2D eigenvalue weighted by atomic mass is 9.82. The Hall–Kier alpha value is 0.380. The van der Waals surface area contributed by atoms with E-state index in [-0.39, 0.29) is 33.0 Å². The number of rotatable bonds is 27. The topological polar surface area (TPSA) is 166 Å². The lowest BCUT2D eigenvalue weighted by Crippen LogP contribution is -2.48. The van der Waals surface area contributed by atoms with Gasteiger partial charge in [-0.1, -0.05) is 26.7 Å². The Bertz CT molecular complexity index is 437. The van der Waals surface area contributed by atoms with Gasteiger partial charge in [-0.05, 0) is 19.3 Å². The van der Waals surface area contributed by atoms with Gasteiger partial charge in [-0.15, -0.1) is 0 Å². The van der Waals surface area contributed by atoms with Gasteiger partial charge in [0.05, 0.1) is 71.0 Å². The summed E-state index contributed by atoms with van der Waals surface area (Å²) in [5.74, 6) is 0. The molecule has 35 heavy (non-hydrogen) atoms. The van der Waals surface area contributed by atoms with Crippen LogP contribution in [0.2, 0.25) is 0 Å². The van der Waals surface area contributed by atoms with Gasteiger partial charge < -0.3 is 57.4 Å². The van der Waals surface area contributed by atoms with Crippen molar-refractivity contribution in [3.05, 3.63) is 0 Å². The fourth-order valence-electron chi connectivity index (χ4n) is 2.94. The molecule has 0 aliphatic carbocycles. The highest BCUT2D eigenvalue weighted by Crippen LogP contribution is 2.37. The maximum Gasteiger partial charge on any atom is 0.327 e. The molecule has 0 aliphatic heterocycles. The molecule has 0 radical (unpaired) electrons. The SMILES string of the molecule is CCCCOCCOCCOC(CCOCCOCCCC)C(CO)(COP(O)O)COP(O)O. The fraction of sp³-hybridized carbons (Fsp3) is 1.00. The van der Waals surface area contributed by atoms with E-state index in [1.807, 2.05) is 0 Å². The second-order valence-electron chi connectivity index (χ2n) is 7.88. The maximum atomic E-state index is 10.2. The summed E-state index contributed by atoms with van der Waals surface area (Å²) in [6.45, 7) is 6.74. The Morgan fingerprint density at radius 3 is 1.49 bits per heavy atom. The van der Waals surface area contributed by atoms with Crippen LogP contribution in [-0.2, 0) is 32.7 Å². The van der Waals surface area contributed by atoms with E-state index in [1.165, 1.54) is 0 Å². The van der Waals surface area contributed by atoms with Crippen LogP contribution in [0, 0.1) is 5.41 Å². The van der Waals surface area contributed by atoms with Crippen LogP contribution in [0.25, 0.3) is 0 Å². The average Bonchev–Trinajstić information content (AvgIpc) is 2.83. The summed E-state index contributed by atoms with van der Waals surface area (Å²) in [6, 6.07) is 0. The maximum absolute atomic E-state index is 10.2. The molecule has 212 valence electrons. The first-order valence-corrected chi connectivity index (χ1v) is 14.4. The molecule has 0 aliphatic rings. The molecule has 1 unspecified atom stereocenters. The number of ether oxygens (including phenoxy) is 5. The van der Waals surface area contributed by atoms with Crippen LogP contribution in [0.15, 0.2) is 0 Å². The summed E-state index contributed by atoms with van der Waals surface area (Å²) in [4.78, 5) is 36.9. The summed E-state index contributed by atoms with van der Waals surface area (Å²) in [5.41, 5.74) is -1.30. The van der Waals surface area contributed by atoms with Crippen molar-refractivity contribution in [2.24, 2.45) is 5.41 Å². The molecule has 0 fully saturated rings. The summed E-state index contributed by atoms with van der Waals surface area (Å²) < 4.78 is 38.0. The van der Waals surface area contributed by atoms with Gasteiger partial charge in [-0.2, -0.15) is 0 Å². The van der Waals surface area contributed by atoms with E-state index in [0.717, 1.165) is 25.7 Å². The summed E-state index contributed by atoms with van der Waals surface area (Å²) in [6.07, 6.45) is 3.66. The van der Waals surface area contributed by atoms with Crippen LogP contribution in [0.1, 0.15) is 46.0 Å². The standard InChI is InChI=1S/C21H46O12P2/c1-3-5-8-27-11-13-29-10-7-20(31-16-15-30-14-12-28-9-6-4-2)21(17-22,18-32-34(23)24)19-33-35(25)26/h20,22-26H,3-19H2,1-2H3. The van der Waals surface area contributed by atoms with E-state index in [0.29, 0.717) is 46.1 Å². The van der Waals surface area contributed by atoms with Crippen molar-refractivity contribution in [1.29, 1.82) is 0 Å². The molecule has 5 N–H and O–H groups in total. The van der Waals surface area contributed by atoms with Crippen molar-refractivity contribution in [3.8, 4) is 0 Å². The Balaban J connectivity index is 4.85. The summed E-state index contributed by atoms with van der Waals surface area (Å²) in [7, 11) is -5.41. The van der Waals surface area contributed by atoms with E-state index in [1.54, 1.807) is 0 Å². The molecule has 14 heteroatoms. The Morgan fingerprint density at radius 2 is 1.06 bits per heavy atom. The largest absolute Gasteiger partial charge is 0.396 e. The van der Waals surface area contributed by atoms with Gasteiger partial charge in [-0.25, -0.2) is 0 Å². The highest BCUT2D eigenvalue weighted by Gasteiger charge is 2.41. The summed E-state index contributed by atoms with van der Waals surface area (Å²) >= 11 is 0. The molecule has 12 nitrogen and oxygen atoms in total. The zero-order valence-electron chi connectivity index (χ0n) is 21.1. The van der Waals surface area contributed by atoms with Gasteiger partial charge in [0.2, 0.25) is 0 Å². The first-order valence-electron chi connectivity index (χ1n) is 12.1. The van der Waals surface area contributed by atoms with Gasteiger partial charge in [0.25, 0.3) is 0 Å². The molecule has 0 heterocycles. The third-order valence-corrected chi connectivity index (χ3v) is 5.75. The number of hydrogen-bond donors (Lipinski definition) is 5. The predicted octanol–water partition coefficient (Wildman–Crippen LogP) is 1.86. The molecule has 0 saturated heterocycles. The van der Waals surface area contributed by atoms with Crippen molar-refractivity contribution in [1.82, 2.24) is 0 Å². The Kier molecular flexibility index (Phi) is 25.0. The molecule has 0 spiro atoms. The molecule has 1 atom stereocenters. The molecular weight excluding hydrogens is 506 g/mol. The van der Waals surface area contributed by atoms with Gasteiger partial charge in [0, 0.05) is 19.8 Å². The fourth-order valence-corrected chi connectivity index (χ4v) is 3.68. The van der Waals surface area contributed by atoms with Crippen LogP contribution >= 0.6 is 17.2 Å². The zero-order valence-corrected chi connectivity index (χ0v) is 22.9. The highest BCUT2D eigenvalue weighted by atomic mass is 31.2. The molecule has 0 aromatic carbocycles. The molecule has 0 aromatic heterocycles. The Morgan fingerprint density at radius 1 is 0.629 bits per heavy atom. The van der Waals surface area contributed by atoms with Crippen LogP contribution in [0.5, 0.6) is 0 Å². The van der Waals surface area contributed by atoms with Crippen LogP contribution in [-0.4, -0.2) is 110 Å². The van der Waals surface area contributed by atoms with Crippen LogP contribution in [0.3, 0.4) is 0 Å². The quantitative estimate of drug-likeness (QED) is 0.0743. The molecule has 0 amide bonds. The van der Waals surface area contributed by atoms with Gasteiger partial charge in [-0.3, -0.25) is 0 Å². The lowest BCUT2D eigenvalue weighted by molar-refractivity contribution is -0.125. The van der Waals surface area contributed by atoms with E-state index < -0.39 is 35.3 Å². The van der Waals surface area contributed by atoms with Gasteiger partial charge >= 0.3 is 17.2 Å². The minimum absolute atomic E-state index is 0.168. The van der Waals surface area contributed by atoms with E-state index in [9.17, 15) is 24.7 Å². The zero-order chi connectivity index (χ0) is 26.2. The molecule has 0 saturated carbocycles. The van der Waals surface area contributed by atoms with Crippen molar-refractivity contribution < 1.29 is 57.4 Å². The highest BCUT2D eigenvalue weighted by molar-refractivity contribution is 7.39. The number of unbranched alkanes of at least 4 members (excludes halogenated alkanes) is 2. The summed E-state index contributed by atoms with van der Waals surface area (Å²) in [5, 5.41) is 10.2. The van der Waals surface area contributed by atoms with Crippen LogP contribution in [0.4, 0.5) is 0 Å². The smallest absolute Gasteiger partial charge is 0.327 e. The van der Waals surface area contributed by atoms with E-state index >= 15 is 0 Å². The van der Waals surface area contributed by atoms with Gasteiger partial charge in [0.1, 0.15) is 0 Å². The van der Waals surface area contributed by atoms with E-state index in [4.69, 9.17) is 32.7 Å². The third-order valence-electron chi connectivity index (χ3n) is 5.03. The molecule has 0 aromatic rings. The monoisotopic (exact) mass is 552 g/mol. The third kappa shape index (κ3) is 20.1. The Labute approximate surface area is 211 Å². The first kappa shape index (κ1) is 35.4. The number of aliphatic hydroxyl groups excluding tert-OH is 1. The number of hydrogen-bond acceptors (Lipinski definition) is 12. The second-order valence-corrected chi connectivity index (χ2v) is 9.40. The molecular formula is C21H46O12P2. The number of aliphatic hydroxyl groups is 1. The lowest BCUT2D eigenvalue weighted by Gasteiger charge is -2.38. The molecule has 0 rings (SSSR count). The van der Waals surface area contributed by atoms with Crippen molar-refractivity contribution in [2.75, 3.05) is 79.3 Å². The minimum Gasteiger partial charge on any atom is -0.396 e. The minimum atomic E-state index is -2.70. The first-order chi connectivity index (χ1) is 16.9. The van der Waals surface area contributed by atoms with Crippen molar-refractivity contribution in [2.45, 2.75) is 52.1 Å².